The SMILES string of the molecule is CCCCC[n+]1c(O)[n+](C2CCCCC2)c(O)c2ccccc21. The first-order valence-electron chi connectivity index (χ1n) is 9.02. The van der Waals surface area contributed by atoms with Crippen molar-refractivity contribution in [2.45, 2.75) is 70.9 Å². The minimum Gasteiger partial charge on any atom is -0.459 e. The van der Waals surface area contributed by atoms with Gasteiger partial charge in [-0.1, -0.05) is 41.0 Å². The number of unbranched alkanes of at least 4 members (excludes halogenated alkanes) is 2. The van der Waals surface area contributed by atoms with Gasteiger partial charge in [0.25, 0.3) is 0 Å². The van der Waals surface area contributed by atoms with Gasteiger partial charge in [-0.2, -0.15) is 0 Å². The third-order valence-corrected chi connectivity index (χ3v) is 5.05. The Morgan fingerprint density at radius 3 is 2.52 bits per heavy atom. The molecular formula is C19H28N2O2+2. The molecule has 1 heterocycles. The fourth-order valence-corrected chi connectivity index (χ4v) is 3.78. The third kappa shape index (κ3) is 3.12. The predicted molar refractivity (Wildman–Crippen MR) is 89.3 cm³/mol. The van der Waals surface area contributed by atoms with Crippen molar-refractivity contribution < 1.29 is 19.3 Å². The molecule has 23 heavy (non-hydrogen) atoms. The molecule has 0 bridgehead atoms. The fourth-order valence-electron chi connectivity index (χ4n) is 3.78. The van der Waals surface area contributed by atoms with E-state index in [2.05, 4.69) is 6.92 Å². The molecule has 1 aromatic carbocycles. The number of nitrogens with zero attached hydrogens (tertiary/aromatic N) is 2. The predicted octanol–water partition coefficient (Wildman–Crippen LogP) is 3.52. The van der Waals surface area contributed by atoms with E-state index in [1.165, 1.54) is 19.3 Å². The zero-order valence-corrected chi connectivity index (χ0v) is 14.0. The second-order valence-corrected chi connectivity index (χ2v) is 6.66. The van der Waals surface area contributed by atoms with Crippen LogP contribution in [0.1, 0.15) is 64.3 Å². The van der Waals surface area contributed by atoms with Gasteiger partial charge in [-0.15, -0.1) is 0 Å². The molecule has 4 heteroatoms. The molecule has 0 aliphatic heterocycles. The van der Waals surface area contributed by atoms with E-state index in [1.807, 2.05) is 28.8 Å². The molecule has 3 rings (SSSR count). The molecule has 1 saturated carbocycles. The fraction of sp³-hybridized carbons (Fsp3) is 0.579. The highest BCUT2D eigenvalue weighted by molar-refractivity contribution is 5.79. The maximum Gasteiger partial charge on any atom is 0.632 e. The number of para-hydroxylation sites is 1. The summed E-state index contributed by atoms with van der Waals surface area (Å²) in [5.41, 5.74) is 0.908. The van der Waals surface area contributed by atoms with Gasteiger partial charge in [-0.3, -0.25) is 0 Å². The van der Waals surface area contributed by atoms with Crippen molar-refractivity contribution in [1.29, 1.82) is 0 Å². The maximum absolute atomic E-state index is 10.9. The minimum atomic E-state index is 0.198. The number of fused-ring (bicyclic) bond motifs is 1. The number of aromatic nitrogens is 2. The molecule has 0 spiro atoms. The first-order chi connectivity index (χ1) is 11.2. The summed E-state index contributed by atoms with van der Waals surface area (Å²) >= 11 is 0. The van der Waals surface area contributed by atoms with E-state index >= 15 is 0 Å². The number of benzene rings is 1. The van der Waals surface area contributed by atoms with Crippen LogP contribution in [0, 0.1) is 0 Å². The summed E-state index contributed by atoms with van der Waals surface area (Å²) in [6, 6.07) is 8.23. The van der Waals surface area contributed by atoms with E-state index in [4.69, 9.17) is 0 Å². The summed E-state index contributed by atoms with van der Waals surface area (Å²) in [6.07, 6.45) is 8.97. The van der Waals surface area contributed by atoms with E-state index in [1.54, 1.807) is 4.57 Å². The smallest absolute Gasteiger partial charge is 0.459 e. The van der Waals surface area contributed by atoms with Gasteiger partial charge in [0.1, 0.15) is 0 Å². The van der Waals surface area contributed by atoms with Crippen LogP contribution in [0.25, 0.3) is 10.9 Å². The van der Waals surface area contributed by atoms with Gasteiger partial charge in [-0.05, 0) is 25.3 Å². The maximum atomic E-state index is 10.9. The second-order valence-electron chi connectivity index (χ2n) is 6.66. The van der Waals surface area contributed by atoms with Crippen molar-refractivity contribution in [1.82, 2.24) is 0 Å². The first-order valence-corrected chi connectivity index (χ1v) is 9.02. The highest BCUT2D eigenvalue weighted by Crippen LogP contribution is 2.29. The van der Waals surface area contributed by atoms with Gasteiger partial charge in [0, 0.05) is 25.3 Å². The van der Waals surface area contributed by atoms with E-state index in [0.717, 1.165) is 49.6 Å². The van der Waals surface area contributed by atoms with Crippen LogP contribution in [-0.2, 0) is 6.54 Å². The molecule has 1 aliphatic carbocycles. The number of aromatic hydroxyl groups is 2. The monoisotopic (exact) mass is 316 g/mol. The Morgan fingerprint density at radius 1 is 1.04 bits per heavy atom. The Balaban J connectivity index is 2.11. The Labute approximate surface area is 138 Å². The number of hydrogen-bond acceptors (Lipinski definition) is 2. The Hall–Kier alpha value is -1.84. The van der Waals surface area contributed by atoms with E-state index in [9.17, 15) is 10.2 Å². The lowest BCUT2D eigenvalue weighted by Crippen LogP contribution is -2.51. The number of aryl methyl sites for hydroxylation is 1. The normalized spacial score (nSPS) is 16.0. The third-order valence-electron chi connectivity index (χ3n) is 5.05. The van der Waals surface area contributed by atoms with Crippen LogP contribution >= 0.6 is 0 Å². The van der Waals surface area contributed by atoms with Gasteiger partial charge in [0.15, 0.2) is 18.0 Å². The van der Waals surface area contributed by atoms with Crippen molar-refractivity contribution in [2.24, 2.45) is 0 Å². The first kappa shape index (κ1) is 16.0. The van der Waals surface area contributed by atoms with Crippen LogP contribution in [0.15, 0.2) is 24.3 Å². The van der Waals surface area contributed by atoms with Gasteiger partial charge in [-0.25, -0.2) is 0 Å². The molecule has 0 radical (unpaired) electrons. The Bertz CT molecular complexity index is 679. The zero-order chi connectivity index (χ0) is 16.2. The highest BCUT2D eigenvalue weighted by atomic mass is 16.3. The van der Waals surface area contributed by atoms with Crippen LogP contribution in [0.3, 0.4) is 0 Å². The van der Waals surface area contributed by atoms with Gasteiger partial charge in [0.2, 0.25) is 5.52 Å². The molecule has 2 N–H and O–H groups in total. The molecule has 1 aromatic heterocycles. The lowest BCUT2D eigenvalue weighted by Gasteiger charge is -2.17. The van der Waals surface area contributed by atoms with Crippen molar-refractivity contribution >= 4 is 10.9 Å². The van der Waals surface area contributed by atoms with Gasteiger partial charge >= 0.3 is 11.9 Å². The second kappa shape index (κ2) is 7.16. The Morgan fingerprint density at radius 2 is 1.78 bits per heavy atom. The molecule has 4 nitrogen and oxygen atoms in total. The van der Waals surface area contributed by atoms with Crippen molar-refractivity contribution in [3.63, 3.8) is 0 Å². The topological polar surface area (TPSA) is 48.2 Å². The average molecular weight is 316 g/mol. The molecule has 0 amide bonds. The molecule has 0 saturated heterocycles. The van der Waals surface area contributed by atoms with E-state index in [-0.39, 0.29) is 17.9 Å². The van der Waals surface area contributed by atoms with Crippen LogP contribution in [-0.4, -0.2) is 10.2 Å². The summed E-state index contributed by atoms with van der Waals surface area (Å²) in [7, 11) is 0. The van der Waals surface area contributed by atoms with Crippen LogP contribution in [0.2, 0.25) is 0 Å². The lowest BCUT2D eigenvalue weighted by molar-refractivity contribution is -0.835. The number of hydrogen-bond donors (Lipinski definition) is 2. The van der Waals surface area contributed by atoms with Crippen molar-refractivity contribution in [2.75, 3.05) is 0 Å². The summed E-state index contributed by atoms with van der Waals surface area (Å²) in [5.74, 6) is 0.205. The van der Waals surface area contributed by atoms with Crippen molar-refractivity contribution in [3.05, 3.63) is 24.3 Å². The number of rotatable bonds is 5. The summed E-state index contributed by atoms with van der Waals surface area (Å²) in [4.78, 5) is 0. The summed E-state index contributed by atoms with van der Waals surface area (Å²) in [5, 5.41) is 22.5. The molecule has 1 fully saturated rings. The molecular weight excluding hydrogens is 288 g/mol. The zero-order valence-electron chi connectivity index (χ0n) is 14.0. The molecule has 1 aliphatic rings. The van der Waals surface area contributed by atoms with Gasteiger partial charge in [0.05, 0.1) is 0 Å². The van der Waals surface area contributed by atoms with Crippen LogP contribution < -0.4 is 9.13 Å². The van der Waals surface area contributed by atoms with Gasteiger partial charge < -0.3 is 10.2 Å². The minimum absolute atomic E-state index is 0.198. The van der Waals surface area contributed by atoms with Crippen molar-refractivity contribution in [3.8, 4) is 11.9 Å². The standard InChI is InChI=1S/C19H26N2O2/c1-2-3-9-14-20-17-13-8-7-12-16(17)18(22)21(19(20)23)15-10-5-4-6-11-15/h7-8,12-13,15H,2-6,9-11,14H2,1H3/p+2. The van der Waals surface area contributed by atoms with E-state index in [0.29, 0.717) is 0 Å². The van der Waals surface area contributed by atoms with E-state index < -0.39 is 0 Å². The highest BCUT2D eigenvalue weighted by Gasteiger charge is 2.38. The van der Waals surface area contributed by atoms with Crippen LogP contribution in [0.5, 0.6) is 11.9 Å². The van der Waals surface area contributed by atoms with Crippen LogP contribution in [0.4, 0.5) is 0 Å². The molecule has 2 aromatic rings. The molecule has 0 unspecified atom stereocenters. The molecule has 124 valence electrons. The quantitative estimate of drug-likeness (QED) is 0.655. The average Bonchev–Trinajstić information content (AvgIpc) is 2.59. The lowest BCUT2D eigenvalue weighted by atomic mass is 9.95. The summed E-state index contributed by atoms with van der Waals surface area (Å²) < 4.78 is 3.74. The molecule has 0 atom stereocenters. The largest absolute Gasteiger partial charge is 0.632 e. The Kier molecular flexibility index (Phi) is 4.99. The summed E-state index contributed by atoms with van der Waals surface area (Å²) in [6.45, 7) is 2.97.